The Bertz CT molecular complexity index is 1280. The fourth-order valence-corrected chi connectivity index (χ4v) is 6.04. The largest absolute Gasteiger partial charge is 0.325 e. The zero-order chi connectivity index (χ0) is 24.6. The maximum atomic E-state index is 13.8. The van der Waals surface area contributed by atoms with Crippen molar-refractivity contribution in [2.24, 2.45) is 0 Å². The Morgan fingerprint density at radius 2 is 1.69 bits per heavy atom. The number of carbonyl (C=O) groups is 3. The van der Waals surface area contributed by atoms with Crippen molar-refractivity contribution in [3.05, 3.63) is 95.6 Å². The monoisotopic (exact) mass is 485 g/mol. The first-order valence-corrected chi connectivity index (χ1v) is 12.7. The average molecular weight is 486 g/mol. The minimum atomic E-state index is -1.17. The van der Waals surface area contributed by atoms with Gasteiger partial charge in [-0.3, -0.25) is 14.5 Å². The highest BCUT2D eigenvalue weighted by atomic mass is 32.2. The van der Waals surface area contributed by atoms with E-state index in [0.717, 1.165) is 32.2 Å². The first-order chi connectivity index (χ1) is 16.9. The molecule has 0 spiro atoms. The van der Waals surface area contributed by atoms with Crippen LogP contribution in [0.3, 0.4) is 0 Å². The lowest BCUT2D eigenvalue weighted by Gasteiger charge is -2.37. The number of para-hydroxylation sites is 1. The van der Waals surface area contributed by atoms with E-state index in [0.29, 0.717) is 12.2 Å². The van der Waals surface area contributed by atoms with Gasteiger partial charge in [0.2, 0.25) is 5.91 Å². The SMILES string of the molecule is CCC1(c2ccc(C)cc2)NC(=O)N(CC(=O)N2c3ccccc3SCC2c2ccccc2)C1=O. The minimum absolute atomic E-state index is 0.197. The summed E-state index contributed by atoms with van der Waals surface area (Å²) >= 11 is 1.70. The van der Waals surface area contributed by atoms with Crippen LogP contribution in [0.15, 0.2) is 83.8 Å². The molecule has 2 aliphatic rings. The van der Waals surface area contributed by atoms with Gasteiger partial charge in [0.15, 0.2) is 0 Å². The predicted octanol–water partition coefficient (Wildman–Crippen LogP) is 5.03. The number of urea groups is 1. The highest BCUT2D eigenvalue weighted by molar-refractivity contribution is 7.99. The predicted molar refractivity (Wildman–Crippen MR) is 137 cm³/mol. The number of amides is 4. The zero-order valence-corrected chi connectivity index (χ0v) is 20.5. The summed E-state index contributed by atoms with van der Waals surface area (Å²) in [6, 6.07) is 24.5. The number of aryl methyl sites for hydroxylation is 1. The van der Waals surface area contributed by atoms with E-state index < -0.39 is 17.5 Å². The van der Waals surface area contributed by atoms with E-state index in [2.05, 4.69) is 5.32 Å². The summed E-state index contributed by atoms with van der Waals surface area (Å²) in [5, 5.41) is 2.89. The van der Waals surface area contributed by atoms with E-state index in [4.69, 9.17) is 0 Å². The van der Waals surface area contributed by atoms with E-state index in [9.17, 15) is 14.4 Å². The smallest absolute Gasteiger partial charge is 0.319 e. The Hall–Kier alpha value is -3.58. The standard InChI is InChI=1S/C28H27N3O3S/c1-3-28(21-15-13-19(2)14-16-21)26(33)30(27(34)29-28)17-25(32)31-22-11-7-8-12-24(22)35-18-23(31)20-9-5-4-6-10-20/h4-16,23H,3,17-18H2,1-2H3,(H,29,34). The van der Waals surface area contributed by atoms with Crippen LogP contribution in [0.1, 0.15) is 36.1 Å². The molecule has 6 nitrogen and oxygen atoms in total. The van der Waals surface area contributed by atoms with Crippen molar-refractivity contribution in [1.29, 1.82) is 0 Å². The number of thioether (sulfide) groups is 1. The molecule has 0 aliphatic carbocycles. The summed E-state index contributed by atoms with van der Waals surface area (Å²) in [6.07, 6.45) is 0.390. The molecule has 2 atom stereocenters. The second-order valence-electron chi connectivity index (χ2n) is 8.92. The summed E-state index contributed by atoms with van der Waals surface area (Å²) in [5.74, 6) is 0.0128. The van der Waals surface area contributed by atoms with Crippen LogP contribution in [0.2, 0.25) is 0 Å². The number of nitrogens with one attached hydrogen (secondary N) is 1. The third-order valence-electron chi connectivity index (χ3n) is 6.83. The lowest BCUT2D eigenvalue weighted by molar-refractivity contribution is -0.134. The fraction of sp³-hybridized carbons (Fsp3) is 0.250. The molecule has 1 fully saturated rings. The number of rotatable bonds is 5. The molecule has 2 unspecified atom stereocenters. The maximum Gasteiger partial charge on any atom is 0.325 e. The number of hydrogen-bond acceptors (Lipinski definition) is 4. The maximum absolute atomic E-state index is 13.8. The molecule has 3 aromatic carbocycles. The number of benzene rings is 3. The zero-order valence-electron chi connectivity index (χ0n) is 19.7. The van der Waals surface area contributed by atoms with E-state index >= 15 is 0 Å². The molecule has 7 heteroatoms. The fourth-order valence-electron chi connectivity index (χ4n) is 4.88. The summed E-state index contributed by atoms with van der Waals surface area (Å²) in [7, 11) is 0. The Kier molecular flexibility index (Phi) is 6.11. The average Bonchev–Trinajstić information content (AvgIpc) is 3.14. The van der Waals surface area contributed by atoms with Crippen LogP contribution in [0.25, 0.3) is 0 Å². The van der Waals surface area contributed by atoms with Gasteiger partial charge in [0.1, 0.15) is 12.1 Å². The van der Waals surface area contributed by atoms with Crippen LogP contribution in [-0.2, 0) is 15.1 Å². The molecule has 1 saturated heterocycles. The first-order valence-electron chi connectivity index (χ1n) is 11.7. The van der Waals surface area contributed by atoms with Gasteiger partial charge in [0.25, 0.3) is 5.91 Å². The highest BCUT2D eigenvalue weighted by Gasteiger charge is 2.52. The molecule has 0 radical (unpaired) electrons. The summed E-state index contributed by atoms with van der Waals surface area (Å²) in [4.78, 5) is 44.3. The van der Waals surface area contributed by atoms with Crippen LogP contribution >= 0.6 is 11.8 Å². The molecule has 0 bridgehead atoms. The molecular weight excluding hydrogens is 458 g/mol. The van der Waals surface area contributed by atoms with Gasteiger partial charge in [-0.25, -0.2) is 4.79 Å². The van der Waals surface area contributed by atoms with Crippen molar-refractivity contribution in [2.45, 2.75) is 36.7 Å². The van der Waals surface area contributed by atoms with Gasteiger partial charge < -0.3 is 10.2 Å². The first kappa shape index (κ1) is 23.2. The molecule has 4 amide bonds. The molecule has 2 aliphatic heterocycles. The van der Waals surface area contributed by atoms with Gasteiger partial charge in [-0.15, -0.1) is 11.8 Å². The summed E-state index contributed by atoms with van der Waals surface area (Å²) in [6.45, 7) is 3.52. The molecule has 0 saturated carbocycles. The van der Waals surface area contributed by atoms with Crippen LogP contribution in [0, 0.1) is 6.92 Å². The number of hydrogen-bond donors (Lipinski definition) is 1. The second kappa shape index (κ2) is 9.23. The van der Waals surface area contributed by atoms with Crippen molar-refractivity contribution < 1.29 is 14.4 Å². The van der Waals surface area contributed by atoms with Gasteiger partial charge in [0, 0.05) is 10.6 Å². The Morgan fingerprint density at radius 1 is 1.00 bits per heavy atom. The molecule has 35 heavy (non-hydrogen) atoms. The molecule has 1 N–H and O–H groups in total. The molecular formula is C28H27N3O3S. The number of anilines is 1. The van der Waals surface area contributed by atoms with Gasteiger partial charge >= 0.3 is 6.03 Å². The van der Waals surface area contributed by atoms with Crippen LogP contribution < -0.4 is 10.2 Å². The van der Waals surface area contributed by atoms with Gasteiger partial charge in [-0.2, -0.15) is 0 Å². The number of imide groups is 1. The van der Waals surface area contributed by atoms with E-state index in [1.54, 1.807) is 16.7 Å². The summed E-state index contributed by atoms with van der Waals surface area (Å²) < 4.78 is 0. The third kappa shape index (κ3) is 4.00. The second-order valence-corrected chi connectivity index (χ2v) is 9.98. The van der Waals surface area contributed by atoms with E-state index in [1.807, 2.05) is 92.7 Å². The van der Waals surface area contributed by atoms with Crippen molar-refractivity contribution in [3.63, 3.8) is 0 Å². The van der Waals surface area contributed by atoms with Crippen LogP contribution in [0.4, 0.5) is 10.5 Å². The van der Waals surface area contributed by atoms with E-state index in [-0.39, 0.29) is 18.5 Å². The molecule has 0 aromatic heterocycles. The van der Waals surface area contributed by atoms with Crippen LogP contribution in [-0.4, -0.2) is 35.0 Å². The molecule has 3 aromatic rings. The number of carbonyl (C=O) groups excluding carboxylic acids is 3. The third-order valence-corrected chi connectivity index (χ3v) is 7.97. The lowest BCUT2D eigenvalue weighted by atomic mass is 9.86. The van der Waals surface area contributed by atoms with Gasteiger partial charge in [0.05, 0.1) is 11.7 Å². The number of fused-ring (bicyclic) bond motifs is 1. The molecule has 5 rings (SSSR count). The number of nitrogens with zero attached hydrogens (tertiary/aromatic N) is 2. The minimum Gasteiger partial charge on any atom is -0.319 e. The Morgan fingerprint density at radius 3 is 2.40 bits per heavy atom. The van der Waals surface area contributed by atoms with Gasteiger partial charge in [-0.1, -0.05) is 79.2 Å². The van der Waals surface area contributed by atoms with Crippen molar-refractivity contribution in [3.8, 4) is 0 Å². The lowest BCUT2D eigenvalue weighted by Crippen LogP contribution is -2.47. The van der Waals surface area contributed by atoms with Gasteiger partial charge in [-0.05, 0) is 36.6 Å². The van der Waals surface area contributed by atoms with Crippen molar-refractivity contribution >= 4 is 35.3 Å². The Labute approximate surface area is 209 Å². The Balaban J connectivity index is 1.47. The quantitative estimate of drug-likeness (QED) is 0.515. The van der Waals surface area contributed by atoms with Crippen molar-refractivity contribution in [1.82, 2.24) is 10.2 Å². The topological polar surface area (TPSA) is 69.7 Å². The highest BCUT2D eigenvalue weighted by Crippen LogP contribution is 2.43. The van der Waals surface area contributed by atoms with Crippen molar-refractivity contribution in [2.75, 3.05) is 17.2 Å². The summed E-state index contributed by atoms with van der Waals surface area (Å²) in [5.41, 5.74) is 2.44. The molecule has 178 valence electrons. The molecule has 2 heterocycles. The van der Waals surface area contributed by atoms with Crippen LogP contribution in [0.5, 0.6) is 0 Å². The normalized spacial score (nSPS) is 21.6. The van der Waals surface area contributed by atoms with E-state index in [1.165, 1.54) is 0 Å².